The molecule has 0 aliphatic heterocycles. The van der Waals surface area contributed by atoms with Crippen molar-refractivity contribution in [3.8, 4) is 0 Å². The molecule has 0 saturated heterocycles. The average Bonchev–Trinajstić information content (AvgIpc) is 2.07. The van der Waals surface area contributed by atoms with Crippen LogP contribution >= 0.6 is 15.9 Å². The summed E-state index contributed by atoms with van der Waals surface area (Å²) in [5.41, 5.74) is 1.04. The van der Waals surface area contributed by atoms with E-state index in [0.717, 1.165) is 11.8 Å². The minimum atomic E-state index is -3.58. The number of hydrogen-bond donors (Lipinski definition) is 1. The maximum Gasteiger partial charge on any atom is 0.337 e. The molecule has 0 saturated carbocycles. The first-order chi connectivity index (χ1) is 7.16. The zero-order chi connectivity index (χ0) is 12.7. The van der Waals surface area contributed by atoms with E-state index in [0.29, 0.717) is 5.56 Å². The van der Waals surface area contributed by atoms with Crippen LogP contribution in [0.4, 0.5) is 0 Å². The Kier molecular flexibility index (Phi) is 3.44. The van der Waals surface area contributed by atoms with Crippen LogP contribution in [0.3, 0.4) is 0 Å². The molecule has 6 heteroatoms. The van der Waals surface area contributed by atoms with Gasteiger partial charge in [-0.3, -0.25) is 0 Å². The van der Waals surface area contributed by atoms with Crippen molar-refractivity contribution in [2.24, 2.45) is 0 Å². The smallest absolute Gasteiger partial charge is 0.337 e. The summed E-state index contributed by atoms with van der Waals surface area (Å²) in [5, 5.41) is 9.07. The summed E-state index contributed by atoms with van der Waals surface area (Å²) < 4.78 is 23.4. The summed E-state index contributed by atoms with van der Waals surface area (Å²) in [4.78, 5) is 10.9. The average molecular weight is 307 g/mol. The molecule has 0 unspecified atom stereocenters. The van der Waals surface area contributed by atoms with Gasteiger partial charge in [0.15, 0.2) is 9.84 Å². The van der Waals surface area contributed by atoms with Crippen LogP contribution in [0, 0.1) is 13.8 Å². The maximum absolute atomic E-state index is 11.5. The number of sulfone groups is 1. The topological polar surface area (TPSA) is 71.4 Å². The fourth-order valence-electron chi connectivity index (χ4n) is 1.47. The molecule has 1 rings (SSSR count). The second-order valence-electron chi connectivity index (χ2n) is 3.58. The molecular weight excluding hydrogens is 296 g/mol. The standard InChI is InChI=1S/C10H11BrO4S/c1-5-4-7(11)9(16(3,14)15)8(6(5)2)10(12)13/h4H,1-3H3,(H,12,13). The molecule has 0 heterocycles. The molecule has 0 bridgehead atoms. The van der Waals surface area contributed by atoms with Gasteiger partial charge >= 0.3 is 5.97 Å². The summed E-state index contributed by atoms with van der Waals surface area (Å²) >= 11 is 3.09. The number of aromatic carboxylic acids is 1. The normalized spacial score (nSPS) is 11.5. The fraction of sp³-hybridized carbons (Fsp3) is 0.300. The highest BCUT2D eigenvalue weighted by atomic mass is 79.9. The van der Waals surface area contributed by atoms with Gasteiger partial charge in [0.1, 0.15) is 0 Å². The van der Waals surface area contributed by atoms with Gasteiger partial charge in [0.2, 0.25) is 0 Å². The first kappa shape index (κ1) is 13.2. The largest absolute Gasteiger partial charge is 0.478 e. The van der Waals surface area contributed by atoms with E-state index in [2.05, 4.69) is 15.9 Å². The summed E-state index contributed by atoms with van der Waals surface area (Å²) in [6.07, 6.45) is 0.994. The molecule has 0 fully saturated rings. The monoisotopic (exact) mass is 306 g/mol. The van der Waals surface area contributed by atoms with Gasteiger partial charge in [0, 0.05) is 10.7 Å². The Balaban J connectivity index is 3.86. The fourth-order valence-corrected chi connectivity index (χ4v) is 3.92. The molecule has 1 aromatic rings. The van der Waals surface area contributed by atoms with E-state index in [9.17, 15) is 13.2 Å². The van der Waals surface area contributed by atoms with Crippen molar-refractivity contribution in [2.45, 2.75) is 18.7 Å². The number of carbonyl (C=O) groups is 1. The van der Waals surface area contributed by atoms with E-state index in [1.54, 1.807) is 19.9 Å². The molecule has 0 radical (unpaired) electrons. The minimum absolute atomic E-state index is 0.158. The highest BCUT2D eigenvalue weighted by molar-refractivity contribution is 9.10. The highest BCUT2D eigenvalue weighted by Crippen LogP contribution is 2.30. The van der Waals surface area contributed by atoms with Gasteiger partial charge in [-0.15, -0.1) is 0 Å². The zero-order valence-electron chi connectivity index (χ0n) is 9.04. The Hall–Kier alpha value is -0.880. The lowest BCUT2D eigenvalue weighted by molar-refractivity contribution is 0.0691. The van der Waals surface area contributed by atoms with Crippen molar-refractivity contribution >= 4 is 31.7 Å². The van der Waals surface area contributed by atoms with E-state index < -0.39 is 15.8 Å². The van der Waals surface area contributed by atoms with Crippen LogP contribution in [0.2, 0.25) is 0 Å². The molecular formula is C10H11BrO4S. The van der Waals surface area contributed by atoms with Crippen molar-refractivity contribution in [3.05, 3.63) is 27.2 Å². The van der Waals surface area contributed by atoms with E-state index in [-0.39, 0.29) is 14.9 Å². The first-order valence-electron chi connectivity index (χ1n) is 4.39. The van der Waals surface area contributed by atoms with Crippen LogP contribution in [-0.2, 0) is 9.84 Å². The zero-order valence-corrected chi connectivity index (χ0v) is 11.4. The third-order valence-electron chi connectivity index (χ3n) is 2.34. The number of rotatable bonds is 2. The van der Waals surface area contributed by atoms with Crippen LogP contribution in [0.1, 0.15) is 21.5 Å². The predicted octanol–water partition coefficient (Wildman–Crippen LogP) is 2.17. The molecule has 0 aliphatic rings. The van der Waals surface area contributed by atoms with Crippen molar-refractivity contribution in [1.29, 1.82) is 0 Å². The lowest BCUT2D eigenvalue weighted by Gasteiger charge is -2.12. The van der Waals surface area contributed by atoms with Crippen molar-refractivity contribution in [2.75, 3.05) is 6.26 Å². The van der Waals surface area contributed by atoms with Gasteiger partial charge < -0.3 is 5.11 Å². The summed E-state index contributed by atoms with van der Waals surface area (Å²) in [6.45, 7) is 3.33. The minimum Gasteiger partial charge on any atom is -0.478 e. The number of benzene rings is 1. The van der Waals surface area contributed by atoms with Crippen molar-refractivity contribution < 1.29 is 18.3 Å². The highest BCUT2D eigenvalue weighted by Gasteiger charge is 2.24. The molecule has 0 atom stereocenters. The Morgan fingerprint density at radius 2 is 1.88 bits per heavy atom. The van der Waals surface area contributed by atoms with Crippen LogP contribution < -0.4 is 0 Å². The number of carboxylic acid groups (broad SMARTS) is 1. The lowest BCUT2D eigenvalue weighted by atomic mass is 10.0. The third-order valence-corrected chi connectivity index (χ3v) is 4.39. The van der Waals surface area contributed by atoms with Gasteiger partial charge in [0.05, 0.1) is 10.5 Å². The van der Waals surface area contributed by atoms with E-state index in [1.807, 2.05) is 0 Å². The number of aryl methyl sites for hydroxylation is 1. The Morgan fingerprint density at radius 3 is 2.25 bits per heavy atom. The van der Waals surface area contributed by atoms with Gasteiger partial charge in [-0.1, -0.05) is 0 Å². The quantitative estimate of drug-likeness (QED) is 0.909. The van der Waals surface area contributed by atoms with Crippen LogP contribution in [0.25, 0.3) is 0 Å². The van der Waals surface area contributed by atoms with Crippen LogP contribution in [-0.4, -0.2) is 25.7 Å². The molecule has 16 heavy (non-hydrogen) atoms. The Morgan fingerprint density at radius 1 is 1.38 bits per heavy atom. The van der Waals surface area contributed by atoms with Gasteiger partial charge in [-0.05, 0) is 47.0 Å². The first-order valence-corrected chi connectivity index (χ1v) is 7.07. The summed E-state index contributed by atoms with van der Waals surface area (Å²) in [5.74, 6) is -1.23. The van der Waals surface area contributed by atoms with E-state index in [1.165, 1.54) is 0 Å². The summed E-state index contributed by atoms with van der Waals surface area (Å²) in [6, 6.07) is 1.61. The predicted molar refractivity (Wildman–Crippen MR) is 63.7 cm³/mol. The van der Waals surface area contributed by atoms with Gasteiger partial charge in [-0.2, -0.15) is 0 Å². The molecule has 88 valence electrons. The lowest BCUT2D eigenvalue weighted by Crippen LogP contribution is -2.11. The van der Waals surface area contributed by atoms with Crippen LogP contribution in [0.15, 0.2) is 15.4 Å². The molecule has 0 spiro atoms. The SMILES string of the molecule is Cc1cc(Br)c(S(C)(=O)=O)c(C(=O)O)c1C. The van der Waals surface area contributed by atoms with E-state index in [4.69, 9.17) is 5.11 Å². The maximum atomic E-state index is 11.5. The number of hydrogen-bond acceptors (Lipinski definition) is 3. The van der Waals surface area contributed by atoms with Gasteiger partial charge in [-0.25, -0.2) is 13.2 Å². The molecule has 0 amide bonds. The molecule has 4 nitrogen and oxygen atoms in total. The third kappa shape index (κ3) is 2.27. The Bertz CT molecular complexity index is 561. The van der Waals surface area contributed by atoms with Crippen molar-refractivity contribution in [3.63, 3.8) is 0 Å². The molecule has 0 aromatic heterocycles. The molecule has 1 aromatic carbocycles. The van der Waals surface area contributed by atoms with Gasteiger partial charge in [0.25, 0.3) is 0 Å². The number of carboxylic acids is 1. The number of halogens is 1. The Labute approximate surface area is 102 Å². The second-order valence-corrected chi connectivity index (χ2v) is 6.39. The molecule has 1 N–H and O–H groups in total. The molecule has 0 aliphatic carbocycles. The van der Waals surface area contributed by atoms with Crippen LogP contribution in [0.5, 0.6) is 0 Å². The van der Waals surface area contributed by atoms with E-state index >= 15 is 0 Å². The summed E-state index contributed by atoms with van der Waals surface area (Å²) in [7, 11) is -3.58. The second kappa shape index (κ2) is 4.18. The van der Waals surface area contributed by atoms with Crippen molar-refractivity contribution in [1.82, 2.24) is 0 Å².